The number of rotatable bonds is 7. The Morgan fingerprint density at radius 3 is 2.60 bits per heavy atom. The Hall–Kier alpha value is -2.52. The van der Waals surface area contributed by atoms with Gasteiger partial charge < -0.3 is 4.74 Å². The standard InChI is InChI=1S/C17H18O3/c1-4-6-7-8-9-13-17(20-15(3)18)14-11-10-12-16(19)5-2/h4-5,9,13,17H,1-2,6-8H2,3H3/b13-9-/t17-/m0/s1. The molecule has 0 saturated heterocycles. The number of unbranched alkanes of at least 4 members (excludes halogenated alkanes) is 2. The Bertz CT molecular complexity index is 504. The Balaban J connectivity index is 4.55. The van der Waals surface area contributed by atoms with Crippen LogP contribution in [0.4, 0.5) is 0 Å². The van der Waals surface area contributed by atoms with Gasteiger partial charge in [-0.2, -0.15) is 0 Å². The predicted octanol–water partition coefficient (Wildman–Crippen LogP) is 2.59. The highest BCUT2D eigenvalue weighted by atomic mass is 16.5. The molecule has 3 nitrogen and oxygen atoms in total. The Morgan fingerprint density at radius 1 is 1.25 bits per heavy atom. The van der Waals surface area contributed by atoms with Gasteiger partial charge >= 0.3 is 5.97 Å². The summed E-state index contributed by atoms with van der Waals surface area (Å²) in [5.41, 5.74) is 0. The summed E-state index contributed by atoms with van der Waals surface area (Å²) in [7, 11) is 0. The number of carbonyl (C=O) groups is 2. The molecule has 0 rings (SSSR count). The third-order valence-corrected chi connectivity index (χ3v) is 2.03. The van der Waals surface area contributed by atoms with Gasteiger partial charge in [-0.1, -0.05) is 18.7 Å². The first-order valence-electron chi connectivity index (χ1n) is 6.23. The van der Waals surface area contributed by atoms with Crippen LogP contribution in [-0.4, -0.2) is 17.9 Å². The summed E-state index contributed by atoms with van der Waals surface area (Å²) in [5.74, 6) is 8.97. The fourth-order valence-corrected chi connectivity index (χ4v) is 1.15. The quantitative estimate of drug-likeness (QED) is 0.178. The van der Waals surface area contributed by atoms with Crippen LogP contribution in [0.3, 0.4) is 0 Å². The summed E-state index contributed by atoms with van der Waals surface area (Å²) >= 11 is 0. The Kier molecular flexibility index (Phi) is 10.1. The number of ether oxygens (including phenoxy) is 1. The van der Waals surface area contributed by atoms with Gasteiger partial charge in [-0.3, -0.25) is 9.59 Å². The second kappa shape index (κ2) is 11.6. The number of hydrogen-bond acceptors (Lipinski definition) is 3. The topological polar surface area (TPSA) is 43.4 Å². The zero-order valence-corrected chi connectivity index (χ0v) is 11.6. The summed E-state index contributed by atoms with van der Waals surface area (Å²) in [6.45, 7) is 8.24. The first-order chi connectivity index (χ1) is 9.60. The average molecular weight is 270 g/mol. The van der Waals surface area contributed by atoms with Crippen molar-refractivity contribution in [3.63, 3.8) is 0 Å². The molecule has 0 amide bonds. The molecule has 1 atom stereocenters. The zero-order chi connectivity index (χ0) is 15.2. The van der Waals surface area contributed by atoms with E-state index in [4.69, 9.17) is 4.74 Å². The molecule has 0 aromatic heterocycles. The molecule has 0 saturated carbocycles. The van der Waals surface area contributed by atoms with Crippen LogP contribution in [0.5, 0.6) is 0 Å². The number of ketones is 1. The van der Waals surface area contributed by atoms with Crippen LogP contribution in [0.2, 0.25) is 0 Å². The largest absolute Gasteiger partial charge is 0.445 e. The van der Waals surface area contributed by atoms with E-state index < -0.39 is 17.9 Å². The lowest BCUT2D eigenvalue weighted by atomic mass is 10.2. The van der Waals surface area contributed by atoms with E-state index in [9.17, 15) is 9.59 Å². The monoisotopic (exact) mass is 270 g/mol. The van der Waals surface area contributed by atoms with Gasteiger partial charge in [0, 0.05) is 6.92 Å². The minimum absolute atomic E-state index is 0.400. The molecule has 0 aromatic rings. The molecule has 0 spiro atoms. The van der Waals surface area contributed by atoms with Crippen LogP contribution in [-0.2, 0) is 14.3 Å². The van der Waals surface area contributed by atoms with Gasteiger partial charge in [0.15, 0.2) is 6.10 Å². The van der Waals surface area contributed by atoms with Crippen LogP contribution in [0.15, 0.2) is 37.5 Å². The maximum atomic E-state index is 10.9. The molecule has 0 aromatic carbocycles. The van der Waals surface area contributed by atoms with Crippen molar-refractivity contribution in [3.8, 4) is 23.7 Å². The van der Waals surface area contributed by atoms with E-state index in [2.05, 4.69) is 36.8 Å². The van der Waals surface area contributed by atoms with E-state index in [0.717, 1.165) is 25.3 Å². The maximum absolute atomic E-state index is 10.9. The molecule has 0 aliphatic carbocycles. The van der Waals surface area contributed by atoms with Crippen molar-refractivity contribution in [1.29, 1.82) is 0 Å². The molecule has 0 fully saturated rings. The smallest absolute Gasteiger partial charge is 0.304 e. The summed E-state index contributed by atoms with van der Waals surface area (Å²) < 4.78 is 5.00. The van der Waals surface area contributed by atoms with E-state index in [1.165, 1.54) is 6.92 Å². The summed E-state index contributed by atoms with van der Waals surface area (Å²) in [6, 6.07) is 0. The first kappa shape index (κ1) is 17.5. The minimum atomic E-state index is -0.649. The SMILES string of the molecule is C=CCCC/C=C\[C@@H](C#CC#CC(=O)C=C)OC(C)=O. The van der Waals surface area contributed by atoms with Crippen molar-refractivity contribution in [2.45, 2.75) is 32.3 Å². The molecule has 0 N–H and O–H groups in total. The molecule has 0 radical (unpaired) electrons. The molecular formula is C17H18O3. The van der Waals surface area contributed by atoms with Gasteiger partial charge in [0.2, 0.25) is 5.78 Å². The van der Waals surface area contributed by atoms with E-state index in [1.54, 1.807) is 6.08 Å². The van der Waals surface area contributed by atoms with E-state index in [-0.39, 0.29) is 0 Å². The van der Waals surface area contributed by atoms with Crippen molar-refractivity contribution < 1.29 is 14.3 Å². The lowest BCUT2D eigenvalue weighted by molar-refractivity contribution is -0.142. The average Bonchev–Trinajstić information content (AvgIpc) is 2.42. The molecule has 20 heavy (non-hydrogen) atoms. The number of esters is 1. The van der Waals surface area contributed by atoms with Crippen molar-refractivity contribution in [3.05, 3.63) is 37.5 Å². The molecule has 0 aliphatic rings. The van der Waals surface area contributed by atoms with E-state index in [0.29, 0.717) is 0 Å². The van der Waals surface area contributed by atoms with Crippen molar-refractivity contribution in [2.75, 3.05) is 0 Å². The summed E-state index contributed by atoms with van der Waals surface area (Å²) in [5, 5.41) is 0. The second-order valence-corrected chi connectivity index (χ2v) is 3.77. The van der Waals surface area contributed by atoms with Gasteiger partial charge in [-0.15, -0.1) is 6.58 Å². The first-order valence-corrected chi connectivity index (χ1v) is 6.23. The third kappa shape index (κ3) is 10.6. The number of carbonyl (C=O) groups excluding carboxylic acids is 2. The minimum Gasteiger partial charge on any atom is -0.445 e. The highest BCUT2D eigenvalue weighted by Gasteiger charge is 2.02. The van der Waals surface area contributed by atoms with Crippen molar-refractivity contribution in [1.82, 2.24) is 0 Å². The fourth-order valence-electron chi connectivity index (χ4n) is 1.15. The predicted molar refractivity (Wildman–Crippen MR) is 79.5 cm³/mol. The van der Waals surface area contributed by atoms with Crippen molar-refractivity contribution >= 4 is 11.8 Å². The zero-order valence-electron chi connectivity index (χ0n) is 11.6. The summed E-state index contributed by atoms with van der Waals surface area (Å²) in [6.07, 6.45) is 8.68. The van der Waals surface area contributed by atoms with Crippen LogP contribution < -0.4 is 0 Å². The normalized spacial score (nSPS) is 10.4. The molecule has 104 valence electrons. The Morgan fingerprint density at radius 2 is 2.00 bits per heavy atom. The molecule has 0 heterocycles. The lowest BCUT2D eigenvalue weighted by Gasteiger charge is -2.04. The van der Waals surface area contributed by atoms with Crippen LogP contribution >= 0.6 is 0 Å². The lowest BCUT2D eigenvalue weighted by Crippen LogP contribution is -2.11. The molecule has 0 bridgehead atoms. The summed E-state index contributed by atoms with van der Waals surface area (Å²) in [4.78, 5) is 21.8. The number of allylic oxidation sites excluding steroid dienone is 3. The molecule has 0 unspecified atom stereocenters. The molecule has 0 aliphatic heterocycles. The third-order valence-electron chi connectivity index (χ3n) is 2.03. The van der Waals surface area contributed by atoms with Gasteiger partial charge in [-0.25, -0.2) is 0 Å². The van der Waals surface area contributed by atoms with Gasteiger partial charge in [0.25, 0.3) is 0 Å². The highest BCUT2D eigenvalue weighted by Crippen LogP contribution is 2.00. The van der Waals surface area contributed by atoms with Crippen LogP contribution in [0.25, 0.3) is 0 Å². The van der Waals surface area contributed by atoms with E-state index in [1.807, 2.05) is 12.2 Å². The second-order valence-electron chi connectivity index (χ2n) is 3.77. The van der Waals surface area contributed by atoms with Crippen LogP contribution in [0.1, 0.15) is 26.2 Å². The van der Waals surface area contributed by atoms with Crippen molar-refractivity contribution in [2.24, 2.45) is 0 Å². The van der Waals surface area contributed by atoms with Gasteiger partial charge in [0.1, 0.15) is 0 Å². The van der Waals surface area contributed by atoms with Gasteiger partial charge in [0.05, 0.1) is 0 Å². The maximum Gasteiger partial charge on any atom is 0.304 e. The Labute approximate surface area is 120 Å². The van der Waals surface area contributed by atoms with E-state index >= 15 is 0 Å². The van der Waals surface area contributed by atoms with Crippen LogP contribution in [0, 0.1) is 23.7 Å². The molecule has 3 heteroatoms. The van der Waals surface area contributed by atoms with Gasteiger partial charge in [-0.05, 0) is 55.1 Å². The number of hydrogen-bond donors (Lipinski definition) is 0. The fraction of sp³-hybridized carbons (Fsp3) is 0.294. The highest BCUT2D eigenvalue weighted by molar-refractivity contribution is 6.04. The molecular weight excluding hydrogens is 252 g/mol.